The first-order valence-electron chi connectivity index (χ1n) is 2.83. The first kappa shape index (κ1) is 7.24. The summed E-state index contributed by atoms with van der Waals surface area (Å²) in [6, 6.07) is 1.90. The molecular weight excluding hydrogens is 148 g/mol. The second kappa shape index (κ2) is 3.34. The Morgan fingerprint density at radius 3 is 3.10 bits per heavy atom. The second-order valence-electron chi connectivity index (χ2n) is 1.88. The Morgan fingerprint density at radius 2 is 2.60 bits per heavy atom. The number of hydrogen-bond donors (Lipinski definition) is 2. The molecule has 0 spiro atoms. The van der Waals surface area contributed by atoms with Gasteiger partial charge in [-0.2, -0.15) is 11.3 Å². The lowest BCUT2D eigenvalue weighted by Crippen LogP contribution is -2.31. The van der Waals surface area contributed by atoms with Crippen molar-refractivity contribution in [1.82, 2.24) is 5.43 Å². The average Bonchev–Trinajstić information content (AvgIpc) is 2.40. The number of hydrogen-bond acceptors (Lipinski definition) is 3. The molecule has 0 aliphatic heterocycles. The number of carbonyl (C=O) groups is 1. The lowest BCUT2D eigenvalue weighted by molar-refractivity contribution is -0.120. The van der Waals surface area contributed by atoms with Crippen LogP contribution >= 0.6 is 11.3 Å². The maximum atomic E-state index is 10.6. The van der Waals surface area contributed by atoms with Crippen molar-refractivity contribution >= 4 is 17.2 Å². The zero-order chi connectivity index (χ0) is 7.40. The first-order chi connectivity index (χ1) is 4.83. The Bertz CT molecular complexity index is 208. The minimum atomic E-state index is -0.154. The van der Waals surface area contributed by atoms with Gasteiger partial charge in [-0.25, -0.2) is 5.84 Å². The van der Waals surface area contributed by atoms with Crippen LogP contribution in [-0.2, 0) is 11.2 Å². The summed E-state index contributed by atoms with van der Waals surface area (Å²) in [5.41, 5.74) is 3.08. The summed E-state index contributed by atoms with van der Waals surface area (Å²) in [6.45, 7) is 0. The van der Waals surface area contributed by atoms with E-state index in [0.717, 1.165) is 5.56 Å². The number of nitrogens with one attached hydrogen (secondary N) is 1. The molecule has 0 unspecified atom stereocenters. The van der Waals surface area contributed by atoms with E-state index in [1.165, 1.54) is 0 Å². The van der Waals surface area contributed by atoms with Crippen LogP contribution in [0.15, 0.2) is 16.8 Å². The van der Waals surface area contributed by atoms with Gasteiger partial charge in [-0.15, -0.1) is 0 Å². The molecule has 1 rings (SSSR count). The molecule has 1 amide bonds. The van der Waals surface area contributed by atoms with Crippen molar-refractivity contribution in [2.24, 2.45) is 5.84 Å². The number of thiophene rings is 1. The van der Waals surface area contributed by atoms with Gasteiger partial charge < -0.3 is 0 Å². The maximum Gasteiger partial charge on any atom is 0.238 e. The fourth-order valence-corrected chi connectivity index (χ4v) is 1.30. The molecule has 0 saturated carbocycles. The largest absolute Gasteiger partial charge is 0.294 e. The van der Waals surface area contributed by atoms with E-state index in [-0.39, 0.29) is 5.91 Å². The molecule has 0 aromatic carbocycles. The minimum Gasteiger partial charge on any atom is -0.294 e. The van der Waals surface area contributed by atoms with Crippen molar-refractivity contribution in [2.45, 2.75) is 6.42 Å². The van der Waals surface area contributed by atoms with Crippen LogP contribution in [0.1, 0.15) is 5.56 Å². The zero-order valence-electron chi connectivity index (χ0n) is 5.33. The molecule has 3 nitrogen and oxygen atoms in total. The summed E-state index contributed by atoms with van der Waals surface area (Å²) in [6.07, 6.45) is 0.375. The summed E-state index contributed by atoms with van der Waals surface area (Å²) in [4.78, 5) is 10.6. The van der Waals surface area contributed by atoms with Crippen molar-refractivity contribution in [1.29, 1.82) is 0 Å². The van der Waals surface area contributed by atoms with E-state index < -0.39 is 0 Å². The van der Waals surface area contributed by atoms with Gasteiger partial charge in [0.15, 0.2) is 0 Å². The van der Waals surface area contributed by atoms with Crippen LogP contribution in [0.5, 0.6) is 0 Å². The van der Waals surface area contributed by atoms with Gasteiger partial charge in [-0.05, 0) is 22.4 Å². The quantitative estimate of drug-likeness (QED) is 0.367. The van der Waals surface area contributed by atoms with E-state index in [4.69, 9.17) is 5.84 Å². The van der Waals surface area contributed by atoms with Gasteiger partial charge in [-0.3, -0.25) is 10.2 Å². The van der Waals surface area contributed by atoms with E-state index in [1.807, 2.05) is 16.8 Å². The van der Waals surface area contributed by atoms with E-state index in [2.05, 4.69) is 5.43 Å². The molecule has 1 aromatic heterocycles. The summed E-state index contributed by atoms with van der Waals surface area (Å²) in [5.74, 6) is 4.74. The minimum absolute atomic E-state index is 0.154. The highest BCUT2D eigenvalue weighted by atomic mass is 32.1. The van der Waals surface area contributed by atoms with Crippen LogP contribution in [0, 0.1) is 0 Å². The van der Waals surface area contributed by atoms with E-state index >= 15 is 0 Å². The molecule has 3 N–H and O–H groups in total. The van der Waals surface area contributed by atoms with Crippen LogP contribution in [-0.4, -0.2) is 5.91 Å². The first-order valence-corrected chi connectivity index (χ1v) is 3.77. The lowest BCUT2D eigenvalue weighted by Gasteiger charge is -1.94. The van der Waals surface area contributed by atoms with Crippen LogP contribution in [0.25, 0.3) is 0 Å². The van der Waals surface area contributed by atoms with Crippen molar-refractivity contribution < 1.29 is 4.79 Å². The third-order valence-corrected chi connectivity index (χ3v) is 1.84. The molecule has 0 fully saturated rings. The molecule has 4 heteroatoms. The summed E-state index contributed by atoms with van der Waals surface area (Å²) in [7, 11) is 0. The number of rotatable bonds is 2. The van der Waals surface area contributed by atoms with Crippen LogP contribution in [0.2, 0.25) is 0 Å². The summed E-state index contributed by atoms with van der Waals surface area (Å²) >= 11 is 1.57. The fourth-order valence-electron chi connectivity index (χ4n) is 0.630. The SMILES string of the molecule is NNC(=O)Cc1ccsc1. The van der Waals surface area contributed by atoms with Crippen LogP contribution in [0.4, 0.5) is 0 Å². The van der Waals surface area contributed by atoms with Crippen molar-refractivity contribution in [3.63, 3.8) is 0 Å². The van der Waals surface area contributed by atoms with E-state index in [0.29, 0.717) is 6.42 Å². The highest BCUT2D eigenvalue weighted by Crippen LogP contribution is 2.05. The average molecular weight is 156 g/mol. The van der Waals surface area contributed by atoms with Crippen molar-refractivity contribution in [3.8, 4) is 0 Å². The number of carbonyl (C=O) groups excluding carboxylic acids is 1. The molecule has 0 radical (unpaired) electrons. The number of amides is 1. The zero-order valence-corrected chi connectivity index (χ0v) is 6.15. The summed E-state index contributed by atoms with van der Waals surface area (Å²) in [5, 5.41) is 3.86. The molecule has 1 heterocycles. The molecule has 0 bridgehead atoms. The van der Waals surface area contributed by atoms with Gasteiger partial charge in [0.25, 0.3) is 0 Å². The molecular formula is C6H8N2OS. The third kappa shape index (κ3) is 1.82. The Kier molecular flexibility index (Phi) is 2.42. The third-order valence-electron chi connectivity index (χ3n) is 1.11. The fraction of sp³-hybridized carbons (Fsp3) is 0.167. The van der Waals surface area contributed by atoms with Gasteiger partial charge >= 0.3 is 0 Å². The highest BCUT2D eigenvalue weighted by molar-refractivity contribution is 7.07. The molecule has 10 heavy (non-hydrogen) atoms. The Labute approximate surface area is 62.8 Å². The lowest BCUT2D eigenvalue weighted by atomic mass is 10.2. The van der Waals surface area contributed by atoms with Gasteiger partial charge in [-0.1, -0.05) is 0 Å². The van der Waals surface area contributed by atoms with E-state index in [1.54, 1.807) is 11.3 Å². The predicted molar refractivity (Wildman–Crippen MR) is 40.4 cm³/mol. The van der Waals surface area contributed by atoms with Gasteiger partial charge in [0, 0.05) is 0 Å². The second-order valence-corrected chi connectivity index (χ2v) is 2.66. The van der Waals surface area contributed by atoms with Gasteiger partial charge in [0.2, 0.25) is 5.91 Å². The van der Waals surface area contributed by atoms with Gasteiger partial charge in [0.05, 0.1) is 6.42 Å². The molecule has 0 atom stereocenters. The molecule has 54 valence electrons. The standard InChI is InChI=1S/C6H8N2OS/c7-8-6(9)3-5-1-2-10-4-5/h1-2,4H,3,7H2,(H,8,9). The molecule has 0 aliphatic rings. The Hall–Kier alpha value is -0.870. The molecule has 0 aliphatic carbocycles. The van der Waals surface area contributed by atoms with Gasteiger partial charge in [0.1, 0.15) is 0 Å². The Morgan fingerprint density at radius 1 is 1.80 bits per heavy atom. The maximum absolute atomic E-state index is 10.6. The predicted octanol–water partition coefficient (Wildman–Crippen LogP) is 0.280. The molecule has 0 saturated heterocycles. The smallest absolute Gasteiger partial charge is 0.238 e. The monoisotopic (exact) mass is 156 g/mol. The highest BCUT2D eigenvalue weighted by Gasteiger charge is 1.99. The van der Waals surface area contributed by atoms with Crippen LogP contribution in [0.3, 0.4) is 0 Å². The topological polar surface area (TPSA) is 55.1 Å². The molecule has 1 aromatic rings. The van der Waals surface area contributed by atoms with Crippen molar-refractivity contribution in [2.75, 3.05) is 0 Å². The Balaban J connectivity index is 2.48. The van der Waals surface area contributed by atoms with Crippen molar-refractivity contribution in [3.05, 3.63) is 22.4 Å². The number of hydrazine groups is 1. The normalized spacial score (nSPS) is 9.30. The summed E-state index contributed by atoms with van der Waals surface area (Å²) < 4.78 is 0. The van der Waals surface area contributed by atoms with Crippen LogP contribution < -0.4 is 11.3 Å². The van der Waals surface area contributed by atoms with E-state index in [9.17, 15) is 4.79 Å². The number of nitrogens with two attached hydrogens (primary N) is 1.